The summed E-state index contributed by atoms with van der Waals surface area (Å²) in [6, 6.07) is 7.20. The molecular weight excluding hydrogens is 228 g/mol. The van der Waals surface area contributed by atoms with Crippen molar-refractivity contribution in [3.8, 4) is 0 Å². The number of nitrogen functional groups attached to an aromatic ring is 1. The van der Waals surface area contributed by atoms with E-state index in [2.05, 4.69) is 5.32 Å². The van der Waals surface area contributed by atoms with Gasteiger partial charge in [-0.2, -0.15) is 0 Å². The highest BCUT2D eigenvalue weighted by atomic mass is 16.3. The lowest BCUT2D eigenvalue weighted by Crippen LogP contribution is -2.45. The van der Waals surface area contributed by atoms with Gasteiger partial charge in [0.25, 0.3) is 0 Å². The Morgan fingerprint density at radius 2 is 1.94 bits per heavy atom. The van der Waals surface area contributed by atoms with Gasteiger partial charge in [-0.05, 0) is 30.5 Å². The molecule has 0 aliphatic heterocycles. The highest BCUT2D eigenvalue weighted by Gasteiger charge is 2.24. The first-order valence-electron chi connectivity index (χ1n) is 6.47. The van der Waals surface area contributed by atoms with E-state index in [1.54, 1.807) is 12.1 Å². The molecule has 0 unspecified atom stereocenters. The third-order valence-electron chi connectivity index (χ3n) is 3.42. The van der Waals surface area contributed by atoms with E-state index in [-0.39, 0.29) is 11.9 Å². The van der Waals surface area contributed by atoms with E-state index in [1.807, 2.05) is 12.1 Å². The summed E-state index contributed by atoms with van der Waals surface area (Å²) in [5.74, 6) is -0.0364. The van der Waals surface area contributed by atoms with Crippen LogP contribution in [0.5, 0.6) is 0 Å². The van der Waals surface area contributed by atoms with E-state index in [1.165, 1.54) is 0 Å². The molecule has 1 aliphatic carbocycles. The van der Waals surface area contributed by atoms with Crippen LogP contribution in [0.15, 0.2) is 24.3 Å². The number of nitrogens with two attached hydrogens (primary N) is 1. The van der Waals surface area contributed by atoms with Gasteiger partial charge in [-0.15, -0.1) is 0 Å². The Balaban J connectivity index is 1.86. The number of amides is 1. The Labute approximate surface area is 107 Å². The Morgan fingerprint density at radius 3 is 2.61 bits per heavy atom. The van der Waals surface area contributed by atoms with E-state index in [4.69, 9.17) is 5.73 Å². The van der Waals surface area contributed by atoms with Crippen molar-refractivity contribution in [2.75, 3.05) is 5.73 Å². The maximum Gasteiger partial charge on any atom is 0.224 e. The fourth-order valence-electron chi connectivity index (χ4n) is 2.36. The lowest BCUT2D eigenvalue weighted by atomic mass is 9.92. The Kier molecular flexibility index (Phi) is 4.20. The molecule has 0 aromatic heterocycles. The van der Waals surface area contributed by atoms with E-state index in [0.717, 1.165) is 31.2 Å². The van der Waals surface area contributed by atoms with Crippen LogP contribution in [0.25, 0.3) is 0 Å². The largest absolute Gasteiger partial charge is 0.399 e. The summed E-state index contributed by atoms with van der Waals surface area (Å²) >= 11 is 0. The predicted octanol–water partition coefficient (Wildman–Crippen LogP) is 1.23. The molecule has 4 nitrogen and oxygen atoms in total. The second-order valence-electron chi connectivity index (χ2n) is 4.94. The van der Waals surface area contributed by atoms with Crippen molar-refractivity contribution in [3.63, 3.8) is 0 Å². The number of rotatable bonds is 3. The molecule has 1 saturated carbocycles. The highest BCUT2D eigenvalue weighted by Crippen LogP contribution is 2.18. The second-order valence-corrected chi connectivity index (χ2v) is 4.94. The minimum Gasteiger partial charge on any atom is -0.399 e. The Hall–Kier alpha value is -1.55. The highest BCUT2D eigenvalue weighted by molar-refractivity contribution is 5.79. The summed E-state index contributed by atoms with van der Waals surface area (Å²) in [6.45, 7) is 0. The topological polar surface area (TPSA) is 75.4 Å². The lowest BCUT2D eigenvalue weighted by molar-refractivity contribution is -0.122. The van der Waals surface area contributed by atoms with Gasteiger partial charge in [0.2, 0.25) is 5.91 Å². The zero-order valence-corrected chi connectivity index (χ0v) is 10.4. The third kappa shape index (κ3) is 3.47. The molecule has 1 aromatic rings. The molecule has 0 radical (unpaired) electrons. The van der Waals surface area contributed by atoms with Gasteiger partial charge in [0, 0.05) is 5.69 Å². The summed E-state index contributed by atoms with van der Waals surface area (Å²) in [7, 11) is 0. The first kappa shape index (κ1) is 12.9. The molecule has 0 heterocycles. The van der Waals surface area contributed by atoms with Gasteiger partial charge in [-0.25, -0.2) is 0 Å². The average Bonchev–Trinajstić information content (AvgIpc) is 2.35. The predicted molar refractivity (Wildman–Crippen MR) is 71.0 cm³/mol. The van der Waals surface area contributed by atoms with Crippen molar-refractivity contribution in [1.82, 2.24) is 5.32 Å². The van der Waals surface area contributed by atoms with Crippen LogP contribution in [-0.4, -0.2) is 23.2 Å². The summed E-state index contributed by atoms with van der Waals surface area (Å²) in [5, 5.41) is 12.7. The number of benzene rings is 1. The Bertz CT molecular complexity index is 403. The van der Waals surface area contributed by atoms with E-state index in [9.17, 15) is 9.90 Å². The van der Waals surface area contributed by atoms with Gasteiger partial charge in [-0.3, -0.25) is 4.79 Å². The average molecular weight is 248 g/mol. The maximum atomic E-state index is 11.9. The van der Waals surface area contributed by atoms with Crippen molar-refractivity contribution >= 4 is 11.6 Å². The van der Waals surface area contributed by atoms with Gasteiger partial charge < -0.3 is 16.2 Å². The van der Waals surface area contributed by atoms with Gasteiger partial charge in [0.05, 0.1) is 18.6 Å². The van der Waals surface area contributed by atoms with Crippen LogP contribution >= 0.6 is 0 Å². The molecule has 1 aliphatic rings. The zero-order valence-electron chi connectivity index (χ0n) is 10.4. The molecule has 0 spiro atoms. The maximum absolute atomic E-state index is 11.9. The fraction of sp³-hybridized carbons (Fsp3) is 0.500. The molecular formula is C14H20N2O2. The van der Waals surface area contributed by atoms with E-state index >= 15 is 0 Å². The molecule has 18 heavy (non-hydrogen) atoms. The molecule has 2 rings (SSSR count). The van der Waals surface area contributed by atoms with Crippen LogP contribution < -0.4 is 11.1 Å². The number of aliphatic hydroxyl groups excluding tert-OH is 1. The number of aliphatic hydroxyl groups is 1. The first-order chi connectivity index (χ1) is 8.65. The first-order valence-corrected chi connectivity index (χ1v) is 6.47. The number of anilines is 1. The van der Waals surface area contributed by atoms with Crippen LogP contribution in [0.2, 0.25) is 0 Å². The smallest absolute Gasteiger partial charge is 0.224 e. The zero-order chi connectivity index (χ0) is 13.0. The summed E-state index contributed by atoms with van der Waals surface area (Å²) in [5.41, 5.74) is 7.22. The molecule has 98 valence electrons. The molecule has 4 heteroatoms. The molecule has 0 saturated heterocycles. The van der Waals surface area contributed by atoms with Crippen molar-refractivity contribution in [2.24, 2.45) is 0 Å². The normalized spacial score (nSPS) is 23.6. The minimum absolute atomic E-state index is 0.0364. The molecule has 1 amide bonds. The van der Waals surface area contributed by atoms with E-state index in [0.29, 0.717) is 12.1 Å². The number of carbonyl (C=O) groups excluding carboxylic acids is 1. The molecule has 2 atom stereocenters. The third-order valence-corrected chi connectivity index (χ3v) is 3.42. The van der Waals surface area contributed by atoms with Crippen LogP contribution in [-0.2, 0) is 11.2 Å². The van der Waals surface area contributed by atoms with Gasteiger partial charge in [0.1, 0.15) is 0 Å². The Morgan fingerprint density at radius 1 is 1.28 bits per heavy atom. The number of hydrogen-bond acceptors (Lipinski definition) is 3. The van der Waals surface area contributed by atoms with Crippen LogP contribution in [0.3, 0.4) is 0 Å². The van der Waals surface area contributed by atoms with Gasteiger partial charge >= 0.3 is 0 Å². The van der Waals surface area contributed by atoms with Crippen molar-refractivity contribution < 1.29 is 9.90 Å². The van der Waals surface area contributed by atoms with Gasteiger partial charge in [-0.1, -0.05) is 25.0 Å². The fourth-order valence-corrected chi connectivity index (χ4v) is 2.36. The summed E-state index contributed by atoms with van der Waals surface area (Å²) in [6.07, 6.45) is 3.72. The van der Waals surface area contributed by atoms with Crippen LogP contribution in [0, 0.1) is 0 Å². The molecule has 0 bridgehead atoms. The number of nitrogens with one attached hydrogen (secondary N) is 1. The summed E-state index contributed by atoms with van der Waals surface area (Å²) < 4.78 is 0. The number of carbonyl (C=O) groups is 1. The monoisotopic (exact) mass is 248 g/mol. The summed E-state index contributed by atoms with van der Waals surface area (Å²) in [4.78, 5) is 11.9. The van der Waals surface area contributed by atoms with E-state index < -0.39 is 6.10 Å². The minimum atomic E-state index is -0.394. The lowest BCUT2D eigenvalue weighted by Gasteiger charge is -2.28. The SMILES string of the molecule is Nc1ccc(CC(=O)N[C@H]2CCCC[C@@H]2O)cc1. The van der Waals surface area contributed by atoms with Crippen LogP contribution in [0.4, 0.5) is 5.69 Å². The number of hydrogen-bond donors (Lipinski definition) is 3. The van der Waals surface area contributed by atoms with Crippen molar-refractivity contribution in [1.29, 1.82) is 0 Å². The molecule has 1 aromatic carbocycles. The molecule has 4 N–H and O–H groups in total. The molecule has 1 fully saturated rings. The second kappa shape index (κ2) is 5.87. The quantitative estimate of drug-likeness (QED) is 0.704. The van der Waals surface area contributed by atoms with Gasteiger partial charge in [0.15, 0.2) is 0 Å². The van der Waals surface area contributed by atoms with Crippen molar-refractivity contribution in [2.45, 2.75) is 44.2 Å². The standard InChI is InChI=1S/C14H20N2O2/c15-11-7-5-10(6-8-11)9-14(18)16-12-3-1-2-4-13(12)17/h5-8,12-13,17H,1-4,9,15H2,(H,16,18)/t12-,13-/m0/s1. The van der Waals surface area contributed by atoms with Crippen molar-refractivity contribution in [3.05, 3.63) is 29.8 Å². The van der Waals surface area contributed by atoms with Crippen LogP contribution in [0.1, 0.15) is 31.2 Å².